The van der Waals surface area contributed by atoms with Crippen molar-refractivity contribution in [1.29, 1.82) is 0 Å². The lowest BCUT2D eigenvalue weighted by atomic mass is 9.90. The van der Waals surface area contributed by atoms with Gasteiger partial charge in [0.25, 0.3) is 0 Å². The summed E-state index contributed by atoms with van der Waals surface area (Å²) >= 11 is 2.49. The van der Waals surface area contributed by atoms with Crippen molar-refractivity contribution in [2.24, 2.45) is 5.41 Å². The molecule has 8 heteroatoms. The van der Waals surface area contributed by atoms with Crippen LogP contribution in [0.25, 0.3) is 0 Å². The summed E-state index contributed by atoms with van der Waals surface area (Å²) in [6.45, 7) is 8.05. The van der Waals surface area contributed by atoms with E-state index in [1.165, 1.54) is 16.2 Å². The Bertz CT molecular complexity index is 632. The van der Waals surface area contributed by atoms with E-state index in [2.05, 4.69) is 26.1 Å². The molecule has 0 aliphatic carbocycles. The first-order chi connectivity index (χ1) is 11.0. The number of nitrogens with one attached hydrogen (secondary N) is 1. The van der Waals surface area contributed by atoms with Crippen LogP contribution in [0, 0.1) is 5.41 Å². The summed E-state index contributed by atoms with van der Waals surface area (Å²) in [4.78, 5) is 12.9. The lowest BCUT2D eigenvalue weighted by Gasteiger charge is -2.28. The number of carbonyl (C=O) groups excluding carboxylic acids is 1. The maximum absolute atomic E-state index is 13.6. The van der Waals surface area contributed by atoms with Crippen molar-refractivity contribution in [2.45, 2.75) is 52.1 Å². The number of hydrogen-bond acceptors (Lipinski definition) is 4. The Morgan fingerprint density at radius 3 is 2.54 bits per heavy atom. The van der Waals surface area contributed by atoms with Crippen LogP contribution in [-0.2, 0) is 11.2 Å². The van der Waals surface area contributed by atoms with Crippen LogP contribution in [0.5, 0.6) is 0 Å². The average molecular weight is 378 g/mol. The van der Waals surface area contributed by atoms with Crippen LogP contribution in [0.1, 0.15) is 39.0 Å². The molecule has 0 bridgehead atoms. The Kier molecular flexibility index (Phi) is 5.59. The van der Waals surface area contributed by atoms with Gasteiger partial charge in [0.1, 0.15) is 5.03 Å². The zero-order valence-electron chi connectivity index (χ0n) is 14.0. The Morgan fingerprint density at radius 2 is 2.00 bits per heavy atom. The van der Waals surface area contributed by atoms with Gasteiger partial charge in [0.15, 0.2) is 5.70 Å². The summed E-state index contributed by atoms with van der Waals surface area (Å²) in [5.41, 5.74) is -0.0960. The van der Waals surface area contributed by atoms with E-state index in [9.17, 15) is 18.0 Å². The first-order valence-electron chi connectivity index (χ1n) is 7.58. The molecule has 1 aliphatic heterocycles. The average Bonchev–Trinajstić information content (AvgIpc) is 2.99. The number of thiophene rings is 1. The fourth-order valence-electron chi connectivity index (χ4n) is 2.53. The molecule has 134 valence electrons. The normalized spacial score (nSPS) is 19.1. The van der Waals surface area contributed by atoms with Crippen molar-refractivity contribution in [2.75, 3.05) is 4.90 Å². The Hall–Kier alpha value is -1.15. The number of thioether (sulfide) groups is 1. The van der Waals surface area contributed by atoms with Gasteiger partial charge in [0.2, 0.25) is 6.41 Å². The van der Waals surface area contributed by atoms with Crippen LogP contribution < -0.4 is 10.2 Å². The Labute approximate surface area is 148 Å². The molecular formula is C16H21F3N2OS2. The third kappa shape index (κ3) is 4.27. The summed E-state index contributed by atoms with van der Waals surface area (Å²) in [6, 6.07) is 1.73. The minimum absolute atomic E-state index is 0.111. The van der Waals surface area contributed by atoms with Crippen molar-refractivity contribution in [3.8, 4) is 0 Å². The molecule has 1 unspecified atom stereocenters. The zero-order chi connectivity index (χ0) is 18.1. The summed E-state index contributed by atoms with van der Waals surface area (Å²) in [5, 5.41) is 3.45. The van der Waals surface area contributed by atoms with E-state index in [1.54, 1.807) is 13.0 Å². The summed E-state index contributed by atoms with van der Waals surface area (Å²) < 4.78 is 40.8. The number of aryl methyl sites for hydroxylation is 1. The number of allylic oxidation sites excluding steroid dienone is 1. The predicted molar refractivity (Wildman–Crippen MR) is 93.9 cm³/mol. The highest BCUT2D eigenvalue weighted by Gasteiger charge is 2.47. The topological polar surface area (TPSA) is 32.3 Å². The predicted octanol–water partition coefficient (Wildman–Crippen LogP) is 5.10. The van der Waals surface area contributed by atoms with E-state index < -0.39 is 17.2 Å². The van der Waals surface area contributed by atoms with Gasteiger partial charge in [0.05, 0.1) is 11.1 Å². The zero-order valence-corrected chi connectivity index (χ0v) is 15.7. The van der Waals surface area contributed by atoms with E-state index >= 15 is 0 Å². The van der Waals surface area contributed by atoms with E-state index in [1.807, 2.05) is 5.38 Å². The highest BCUT2D eigenvalue weighted by atomic mass is 32.2. The first-order valence-corrected chi connectivity index (χ1v) is 9.34. The molecule has 24 heavy (non-hydrogen) atoms. The van der Waals surface area contributed by atoms with Gasteiger partial charge >= 0.3 is 6.18 Å². The number of alkyl halides is 3. The van der Waals surface area contributed by atoms with Crippen LogP contribution in [0.3, 0.4) is 0 Å². The number of hydrogen-bond donors (Lipinski definition) is 1. The molecule has 1 aromatic heterocycles. The summed E-state index contributed by atoms with van der Waals surface area (Å²) in [6.07, 6.45) is -2.63. The molecular weight excluding hydrogens is 357 g/mol. The van der Waals surface area contributed by atoms with Crippen LogP contribution in [-0.4, -0.2) is 18.0 Å². The smallest absolute Gasteiger partial charge is 0.322 e. The number of halogens is 3. The molecule has 1 aliphatic rings. The van der Waals surface area contributed by atoms with E-state index in [0.29, 0.717) is 12.1 Å². The molecule has 1 aromatic rings. The highest BCUT2D eigenvalue weighted by Crippen LogP contribution is 2.48. The Balaban J connectivity index is 2.40. The molecule has 2 rings (SSSR count). The number of rotatable bonds is 5. The lowest BCUT2D eigenvalue weighted by molar-refractivity contribution is -0.109. The fraction of sp³-hybridized carbons (Fsp3) is 0.562. The van der Waals surface area contributed by atoms with Crippen LogP contribution >= 0.6 is 23.1 Å². The molecule has 1 atom stereocenters. The van der Waals surface area contributed by atoms with Crippen molar-refractivity contribution in [3.05, 3.63) is 27.0 Å². The van der Waals surface area contributed by atoms with Gasteiger partial charge in [-0.15, -0.1) is 11.3 Å². The molecule has 3 nitrogen and oxygen atoms in total. The molecule has 1 N–H and O–H groups in total. The van der Waals surface area contributed by atoms with E-state index in [0.717, 1.165) is 29.5 Å². The van der Waals surface area contributed by atoms with Crippen molar-refractivity contribution < 1.29 is 18.0 Å². The number of nitrogens with zero attached hydrogens (tertiary/aromatic N) is 1. The third-order valence-corrected chi connectivity index (χ3v) is 5.72. The van der Waals surface area contributed by atoms with Gasteiger partial charge < -0.3 is 10.2 Å². The lowest BCUT2D eigenvalue weighted by Crippen LogP contribution is -2.34. The Morgan fingerprint density at radius 1 is 1.33 bits per heavy atom. The van der Waals surface area contributed by atoms with Crippen LogP contribution in [0.4, 0.5) is 18.9 Å². The van der Waals surface area contributed by atoms with Crippen molar-refractivity contribution in [3.63, 3.8) is 0 Å². The molecule has 0 saturated heterocycles. The number of anilines is 1. The minimum atomic E-state index is -4.54. The van der Waals surface area contributed by atoms with Gasteiger partial charge in [-0.25, -0.2) is 0 Å². The fourth-order valence-corrected chi connectivity index (χ4v) is 4.51. The molecule has 0 fully saturated rings. The van der Waals surface area contributed by atoms with Crippen LogP contribution in [0.15, 0.2) is 22.2 Å². The molecule has 2 heterocycles. The molecule has 0 spiro atoms. The quantitative estimate of drug-likeness (QED) is 0.723. The second-order valence-corrected chi connectivity index (χ2v) is 9.14. The number of amides is 1. The highest BCUT2D eigenvalue weighted by molar-refractivity contribution is 8.04. The van der Waals surface area contributed by atoms with Gasteiger partial charge in [-0.05, 0) is 36.6 Å². The van der Waals surface area contributed by atoms with Crippen LogP contribution in [0.2, 0.25) is 0 Å². The first kappa shape index (κ1) is 19.2. The molecule has 0 aromatic carbocycles. The second-order valence-electron chi connectivity index (χ2n) is 6.81. The van der Waals surface area contributed by atoms with E-state index in [4.69, 9.17) is 0 Å². The summed E-state index contributed by atoms with van der Waals surface area (Å²) in [5.74, 6) is 0. The maximum Gasteiger partial charge on any atom is 0.434 e. The second kappa shape index (κ2) is 7.00. The maximum atomic E-state index is 13.6. The minimum Gasteiger partial charge on any atom is -0.322 e. The standard InChI is InChI=1S/C16H21F3N2OS2/c1-10-21(13(16(17,18)19)14(24-10)20-9-22)11-6-8-23-12(11)5-7-15(2,3)4/h6,8-10H,5,7H2,1-4H3,(H,20,22). The van der Waals surface area contributed by atoms with Crippen molar-refractivity contribution in [1.82, 2.24) is 5.32 Å². The van der Waals surface area contributed by atoms with Crippen molar-refractivity contribution >= 4 is 35.2 Å². The van der Waals surface area contributed by atoms with E-state index in [-0.39, 0.29) is 10.4 Å². The summed E-state index contributed by atoms with van der Waals surface area (Å²) in [7, 11) is 0. The number of carbonyl (C=O) groups is 1. The molecule has 0 radical (unpaired) electrons. The monoisotopic (exact) mass is 378 g/mol. The molecule has 1 amide bonds. The van der Waals surface area contributed by atoms with Gasteiger partial charge in [-0.2, -0.15) is 13.2 Å². The largest absolute Gasteiger partial charge is 0.434 e. The third-order valence-electron chi connectivity index (χ3n) is 3.65. The SMILES string of the molecule is CC1SC(NC=O)=C(C(F)(F)F)N1c1ccsc1CCC(C)(C)C. The molecule has 0 saturated carbocycles. The van der Waals surface area contributed by atoms with Gasteiger partial charge in [0, 0.05) is 4.88 Å². The van der Waals surface area contributed by atoms with Gasteiger partial charge in [-0.3, -0.25) is 4.79 Å². The van der Waals surface area contributed by atoms with Gasteiger partial charge in [-0.1, -0.05) is 32.5 Å².